The molecule has 0 aromatic heterocycles. The van der Waals surface area contributed by atoms with Crippen LogP contribution in [-0.2, 0) is 4.79 Å². The molecule has 0 aliphatic carbocycles. The van der Waals surface area contributed by atoms with Crippen molar-refractivity contribution in [1.82, 2.24) is 4.90 Å². The maximum atomic E-state index is 13.8. The highest BCUT2D eigenvalue weighted by Gasteiger charge is 2.37. The van der Waals surface area contributed by atoms with Gasteiger partial charge in [0.15, 0.2) is 5.78 Å². The summed E-state index contributed by atoms with van der Waals surface area (Å²) in [5.41, 5.74) is -0.433. The SMILES string of the molecule is CC1(C)CCC(=O)CN1C(=O)c1cc(Br)ccc1F. The van der Waals surface area contributed by atoms with E-state index >= 15 is 0 Å². The average Bonchev–Trinajstić information content (AvgIpc) is 2.34. The molecule has 1 amide bonds. The molecular formula is C14H15BrFNO2. The van der Waals surface area contributed by atoms with Gasteiger partial charge in [0, 0.05) is 16.4 Å². The van der Waals surface area contributed by atoms with Gasteiger partial charge in [-0.15, -0.1) is 0 Å². The normalized spacial score (nSPS) is 18.5. The lowest BCUT2D eigenvalue weighted by atomic mass is 9.89. The molecule has 3 nitrogen and oxygen atoms in total. The van der Waals surface area contributed by atoms with E-state index in [2.05, 4.69) is 15.9 Å². The maximum absolute atomic E-state index is 13.8. The summed E-state index contributed by atoms with van der Waals surface area (Å²) in [4.78, 5) is 25.5. The van der Waals surface area contributed by atoms with Crippen molar-refractivity contribution in [3.05, 3.63) is 34.1 Å². The van der Waals surface area contributed by atoms with Crippen molar-refractivity contribution in [2.45, 2.75) is 32.2 Å². The third-order valence-electron chi connectivity index (χ3n) is 3.48. The largest absolute Gasteiger partial charge is 0.326 e. The van der Waals surface area contributed by atoms with Crippen molar-refractivity contribution < 1.29 is 14.0 Å². The van der Waals surface area contributed by atoms with Crippen LogP contribution in [-0.4, -0.2) is 28.7 Å². The minimum Gasteiger partial charge on any atom is -0.326 e. The molecule has 1 aliphatic heterocycles. The second kappa shape index (κ2) is 5.04. The van der Waals surface area contributed by atoms with Crippen molar-refractivity contribution in [2.24, 2.45) is 0 Å². The monoisotopic (exact) mass is 327 g/mol. The highest BCUT2D eigenvalue weighted by atomic mass is 79.9. The fourth-order valence-corrected chi connectivity index (χ4v) is 2.56. The highest BCUT2D eigenvalue weighted by molar-refractivity contribution is 9.10. The number of amides is 1. The predicted octanol–water partition coefficient (Wildman–Crippen LogP) is 3.17. The number of hydrogen-bond acceptors (Lipinski definition) is 2. The Morgan fingerprint density at radius 2 is 2.11 bits per heavy atom. The van der Waals surface area contributed by atoms with Crippen LogP contribution in [0.15, 0.2) is 22.7 Å². The summed E-state index contributed by atoms with van der Waals surface area (Å²) >= 11 is 3.22. The molecule has 1 saturated heterocycles. The molecule has 1 aliphatic rings. The number of piperidine rings is 1. The van der Waals surface area contributed by atoms with Gasteiger partial charge in [0.2, 0.25) is 0 Å². The fraction of sp³-hybridized carbons (Fsp3) is 0.429. The Hall–Kier alpha value is -1.23. The number of benzene rings is 1. The summed E-state index contributed by atoms with van der Waals surface area (Å²) in [7, 11) is 0. The predicted molar refractivity (Wildman–Crippen MR) is 73.5 cm³/mol. The zero-order valence-electron chi connectivity index (χ0n) is 10.9. The molecule has 0 bridgehead atoms. The van der Waals surface area contributed by atoms with Gasteiger partial charge < -0.3 is 4.90 Å². The topological polar surface area (TPSA) is 37.4 Å². The number of hydrogen-bond donors (Lipinski definition) is 0. The number of Topliss-reactive ketones (excluding diaryl/α,β-unsaturated/α-hetero) is 1. The highest BCUT2D eigenvalue weighted by Crippen LogP contribution is 2.28. The number of nitrogens with zero attached hydrogens (tertiary/aromatic N) is 1. The van der Waals surface area contributed by atoms with Crippen LogP contribution < -0.4 is 0 Å². The molecule has 1 aromatic carbocycles. The van der Waals surface area contributed by atoms with Crippen LogP contribution >= 0.6 is 15.9 Å². The first-order valence-corrected chi connectivity index (χ1v) is 6.89. The van der Waals surface area contributed by atoms with Gasteiger partial charge in [0.05, 0.1) is 12.1 Å². The molecule has 0 radical (unpaired) electrons. The summed E-state index contributed by atoms with van der Waals surface area (Å²) in [5, 5.41) is 0. The third kappa shape index (κ3) is 2.86. The zero-order valence-corrected chi connectivity index (χ0v) is 12.5. The fourth-order valence-electron chi connectivity index (χ4n) is 2.20. The summed E-state index contributed by atoms with van der Waals surface area (Å²) in [6.07, 6.45) is 1.07. The molecule has 0 atom stereocenters. The van der Waals surface area contributed by atoms with Gasteiger partial charge in [-0.25, -0.2) is 4.39 Å². The van der Waals surface area contributed by atoms with Gasteiger partial charge in [0.25, 0.3) is 5.91 Å². The molecule has 1 fully saturated rings. The first-order chi connectivity index (χ1) is 8.81. The van der Waals surface area contributed by atoms with Gasteiger partial charge in [-0.05, 0) is 38.5 Å². The lowest BCUT2D eigenvalue weighted by Crippen LogP contribution is -2.53. The van der Waals surface area contributed by atoms with Crippen LogP contribution in [0.25, 0.3) is 0 Å². The van der Waals surface area contributed by atoms with Gasteiger partial charge in [-0.1, -0.05) is 15.9 Å². The maximum Gasteiger partial charge on any atom is 0.257 e. The molecule has 0 unspecified atom stereocenters. The lowest BCUT2D eigenvalue weighted by molar-refractivity contribution is -0.124. The summed E-state index contributed by atoms with van der Waals surface area (Å²) in [5.74, 6) is -0.984. The zero-order chi connectivity index (χ0) is 14.2. The van der Waals surface area contributed by atoms with Gasteiger partial charge in [0.1, 0.15) is 5.82 Å². The Kier molecular flexibility index (Phi) is 3.76. The molecule has 0 saturated carbocycles. The number of likely N-dealkylation sites (tertiary alicyclic amines) is 1. The molecule has 1 heterocycles. The Morgan fingerprint density at radius 3 is 2.79 bits per heavy atom. The van der Waals surface area contributed by atoms with E-state index in [1.807, 2.05) is 13.8 Å². The number of carbonyl (C=O) groups is 2. The van der Waals surface area contributed by atoms with Crippen molar-refractivity contribution in [3.63, 3.8) is 0 Å². The van der Waals surface area contributed by atoms with Crippen LogP contribution in [0, 0.1) is 5.82 Å². The van der Waals surface area contributed by atoms with Gasteiger partial charge >= 0.3 is 0 Å². The Balaban J connectivity index is 2.37. The van der Waals surface area contributed by atoms with Crippen molar-refractivity contribution in [1.29, 1.82) is 0 Å². The Morgan fingerprint density at radius 1 is 1.42 bits per heavy atom. The minimum atomic E-state index is -0.568. The first kappa shape index (κ1) is 14.2. The molecule has 102 valence electrons. The number of carbonyl (C=O) groups excluding carboxylic acids is 2. The summed E-state index contributed by atoms with van der Waals surface area (Å²) in [6.45, 7) is 3.85. The molecule has 2 rings (SSSR count). The van der Waals surface area contributed by atoms with Gasteiger partial charge in [-0.3, -0.25) is 9.59 Å². The Bertz CT molecular complexity index is 542. The van der Waals surface area contributed by atoms with Crippen molar-refractivity contribution in [2.75, 3.05) is 6.54 Å². The van der Waals surface area contributed by atoms with E-state index in [4.69, 9.17) is 0 Å². The molecule has 19 heavy (non-hydrogen) atoms. The van der Waals surface area contributed by atoms with E-state index in [0.29, 0.717) is 17.3 Å². The molecule has 0 spiro atoms. The first-order valence-electron chi connectivity index (χ1n) is 6.10. The van der Waals surface area contributed by atoms with Crippen LogP contribution in [0.3, 0.4) is 0 Å². The van der Waals surface area contributed by atoms with E-state index in [0.717, 1.165) is 0 Å². The van der Waals surface area contributed by atoms with Crippen molar-refractivity contribution >= 4 is 27.6 Å². The minimum absolute atomic E-state index is 0.00264. The van der Waals surface area contributed by atoms with E-state index < -0.39 is 17.3 Å². The number of rotatable bonds is 1. The quantitative estimate of drug-likeness (QED) is 0.794. The standard InChI is InChI=1S/C14H15BrFNO2/c1-14(2)6-5-10(18)8-17(14)13(19)11-7-9(15)3-4-12(11)16/h3-4,7H,5-6,8H2,1-2H3. The third-order valence-corrected chi connectivity index (χ3v) is 3.98. The van der Waals surface area contributed by atoms with E-state index in [1.54, 1.807) is 6.07 Å². The summed E-state index contributed by atoms with van der Waals surface area (Å²) < 4.78 is 14.4. The lowest BCUT2D eigenvalue weighted by Gasteiger charge is -2.41. The van der Waals surface area contributed by atoms with Crippen LogP contribution in [0.2, 0.25) is 0 Å². The van der Waals surface area contributed by atoms with E-state index in [-0.39, 0.29) is 17.9 Å². The van der Waals surface area contributed by atoms with Crippen LogP contribution in [0.1, 0.15) is 37.0 Å². The van der Waals surface area contributed by atoms with Gasteiger partial charge in [-0.2, -0.15) is 0 Å². The van der Waals surface area contributed by atoms with Crippen LogP contribution in [0.5, 0.6) is 0 Å². The molecule has 1 aromatic rings. The van der Waals surface area contributed by atoms with Crippen LogP contribution in [0.4, 0.5) is 4.39 Å². The molecular weight excluding hydrogens is 313 g/mol. The second-order valence-corrected chi connectivity index (χ2v) is 6.28. The number of halogens is 2. The summed E-state index contributed by atoms with van der Waals surface area (Å²) in [6, 6.07) is 4.24. The van der Waals surface area contributed by atoms with E-state index in [1.165, 1.54) is 17.0 Å². The second-order valence-electron chi connectivity index (χ2n) is 5.37. The average molecular weight is 328 g/mol. The number of ketones is 1. The van der Waals surface area contributed by atoms with Crippen molar-refractivity contribution in [3.8, 4) is 0 Å². The molecule has 0 N–H and O–H groups in total. The Labute approximate surface area is 119 Å². The smallest absolute Gasteiger partial charge is 0.257 e. The molecule has 5 heteroatoms. The van der Waals surface area contributed by atoms with E-state index in [9.17, 15) is 14.0 Å².